The van der Waals surface area contributed by atoms with Crippen LogP contribution < -0.4 is 5.11 Å². The maximum Gasteiger partial charge on any atom is 0.306 e. The number of unbranched alkanes of at least 4 members (excludes halogenated alkanes) is 36. The molecule has 0 radical (unpaired) electrons. The predicted molar refractivity (Wildman–Crippen MR) is 371 cm³/mol. The molecule has 0 aromatic rings. The van der Waals surface area contributed by atoms with Crippen LogP contribution in [0.15, 0.2) is 97.2 Å². The van der Waals surface area contributed by atoms with Crippen LogP contribution in [0, 0.1) is 0 Å². The summed E-state index contributed by atoms with van der Waals surface area (Å²) < 4.78 is 22.8. The van der Waals surface area contributed by atoms with Gasteiger partial charge in [0.2, 0.25) is 0 Å². The van der Waals surface area contributed by atoms with Gasteiger partial charge in [-0.15, -0.1) is 0 Å². The third-order valence-electron chi connectivity index (χ3n) is 15.8. The van der Waals surface area contributed by atoms with Gasteiger partial charge >= 0.3 is 11.9 Å². The average molecular weight is 1220 g/mol. The zero-order chi connectivity index (χ0) is 63.3. The fraction of sp³-hybridized carbons (Fsp3) is 0.756. The Bertz CT molecular complexity index is 1750. The third kappa shape index (κ3) is 69.5. The summed E-state index contributed by atoms with van der Waals surface area (Å²) in [5.74, 6) is -2.30. The minimum absolute atomic E-state index is 0.141. The van der Waals surface area contributed by atoms with Gasteiger partial charge in [0.15, 0.2) is 12.4 Å². The standard InChI is InChI=1S/C78H137NO8/c1-6-8-10-12-14-16-18-20-22-24-26-28-29-30-31-32-33-34-35-36-37-38-39-40-41-42-43-44-45-46-47-49-50-52-54-56-58-60-62-64-66-68-75(80)85-72-74(73-86-78(77(82)83)84-71-70-79(3,4)5)87-76(81)69-67-65-63-61-59-57-55-53-51-48-27-25-23-21-19-17-15-13-11-9-7-2/h9,11,15,17-18,20-21,23-24,26-27,29-30,48,53,55,74,78H,6-8,10,12-14,16,19,22,25,28,31-47,49-52,54,56-73H2,1-5H3/b11-9-,17-15-,20-18-,23-21-,26-24-,30-29-,48-27-,55-53-. The van der Waals surface area contributed by atoms with Crippen LogP contribution in [-0.2, 0) is 33.3 Å². The first-order valence-corrected chi connectivity index (χ1v) is 36.4. The Labute approximate surface area is 537 Å². The van der Waals surface area contributed by atoms with E-state index in [1.165, 1.54) is 193 Å². The van der Waals surface area contributed by atoms with E-state index < -0.39 is 24.3 Å². The number of hydrogen-bond acceptors (Lipinski definition) is 8. The predicted octanol–water partition coefficient (Wildman–Crippen LogP) is 21.5. The smallest absolute Gasteiger partial charge is 0.306 e. The van der Waals surface area contributed by atoms with Crippen molar-refractivity contribution in [2.45, 2.75) is 334 Å². The Kier molecular flexibility index (Phi) is 65.2. The molecule has 9 heteroatoms. The first-order valence-electron chi connectivity index (χ1n) is 36.4. The van der Waals surface area contributed by atoms with E-state index in [-0.39, 0.29) is 38.6 Å². The number of hydrogen-bond donors (Lipinski definition) is 0. The first kappa shape index (κ1) is 83.2. The molecule has 0 heterocycles. The molecule has 2 unspecified atom stereocenters. The van der Waals surface area contributed by atoms with Crippen LogP contribution in [0.1, 0.15) is 322 Å². The van der Waals surface area contributed by atoms with Crippen molar-refractivity contribution in [1.29, 1.82) is 0 Å². The Morgan fingerprint density at radius 2 is 0.655 bits per heavy atom. The molecular weight excluding hydrogens is 1080 g/mol. The molecule has 2 atom stereocenters. The molecule has 0 saturated carbocycles. The molecular formula is C78H137NO8. The van der Waals surface area contributed by atoms with E-state index in [4.69, 9.17) is 18.9 Å². The minimum atomic E-state index is -1.63. The number of esters is 2. The van der Waals surface area contributed by atoms with Crippen molar-refractivity contribution >= 4 is 17.9 Å². The second kappa shape index (κ2) is 68.1. The fourth-order valence-corrected chi connectivity index (χ4v) is 10.3. The Balaban J connectivity index is 3.98. The van der Waals surface area contributed by atoms with Gasteiger partial charge < -0.3 is 33.3 Å². The summed E-state index contributed by atoms with van der Waals surface area (Å²) in [7, 11) is 5.92. The van der Waals surface area contributed by atoms with Gasteiger partial charge in [-0.3, -0.25) is 9.59 Å². The van der Waals surface area contributed by atoms with E-state index in [1.54, 1.807) is 0 Å². The van der Waals surface area contributed by atoms with Gasteiger partial charge in [0.05, 0.1) is 40.3 Å². The lowest BCUT2D eigenvalue weighted by Gasteiger charge is -2.26. The highest BCUT2D eigenvalue weighted by Gasteiger charge is 2.22. The van der Waals surface area contributed by atoms with Crippen molar-refractivity contribution in [3.8, 4) is 0 Å². The lowest BCUT2D eigenvalue weighted by atomic mass is 10.0. The fourth-order valence-electron chi connectivity index (χ4n) is 10.3. The summed E-state index contributed by atoms with van der Waals surface area (Å²) in [6.45, 7) is 4.62. The summed E-state index contributed by atoms with van der Waals surface area (Å²) in [6, 6.07) is 0. The molecule has 9 nitrogen and oxygen atoms in total. The quantitative estimate of drug-likeness (QED) is 0.0195. The molecule has 0 aliphatic carbocycles. The monoisotopic (exact) mass is 1220 g/mol. The number of ether oxygens (including phenoxy) is 4. The number of carboxylic acid groups (broad SMARTS) is 1. The normalized spacial score (nSPS) is 13.3. The number of quaternary nitrogens is 1. The summed E-state index contributed by atoms with van der Waals surface area (Å²) in [5.41, 5.74) is 0. The number of carbonyl (C=O) groups excluding carboxylic acids is 3. The van der Waals surface area contributed by atoms with Crippen LogP contribution >= 0.6 is 0 Å². The van der Waals surface area contributed by atoms with Gasteiger partial charge in [-0.1, -0.05) is 310 Å². The maximum atomic E-state index is 12.9. The number of nitrogens with zero attached hydrogens (tertiary/aromatic N) is 1. The van der Waals surface area contributed by atoms with Crippen LogP contribution in [0.25, 0.3) is 0 Å². The Morgan fingerprint density at radius 3 is 0.977 bits per heavy atom. The maximum absolute atomic E-state index is 12.9. The summed E-state index contributed by atoms with van der Waals surface area (Å²) in [4.78, 5) is 37.5. The highest BCUT2D eigenvalue weighted by Crippen LogP contribution is 2.18. The second-order valence-electron chi connectivity index (χ2n) is 25.5. The molecule has 0 aromatic heterocycles. The van der Waals surface area contributed by atoms with Crippen molar-refractivity contribution in [2.75, 3.05) is 47.5 Å². The topological polar surface area (TPSA) is 111 Å². The molecule has 502 valence electrons. The minimum Gasteiger partial charge on any atom is -0.545 e. The molecule has 0 aliphatic heterocycles. The van der Waals surface area contributed by atoms with Crippen LogP contribution in [-0.4, -0.2) is 82.3 Å². The van der Waals surface area contributed by atoms with E-state index in [2.05, 4.69) is 111 Å². The number of rotatable bonds is 67. The van der Waals surface area contributed by atoms with Gasteiger partial charge in [0, 0.05) is 12.8 Å². The van der Waals surface area contributed by atoms with Crippen LogP contribution in [0.2, 0.25) is 0 Å². The van der Waals surface area contributed by atoms with E-state index in [0.717, 1.165) is 96.3 Å². The summed E-state index contributed by atoms with van der Waals surface area (Å²) in [6.07, 6.45) is 90.9. The average Bonchev–Trinajstić information content (AvgIpc) is 3.57. The second-order valence-corrected chi connectivity index (χ2v) is 25.5. The van der Waals surface area contributed by atoms with Gasteiger partial charge in [-0.05, 0) is 96.3 Å². The molecule has 0 aromatic carbocycles. The molecule has 0 saturated heterocycles. The first-order chi connectivity index (χ1) is 42.6. The van der Waals surface area contributed by atoms with E-state index in [9.17, 15) is 19.5 Å². The van der Waals surface area contributed by atoms with E-state index >= 15 is 0 Å². The van der Waals surface area contributed by atoms with Gasteiger partial charge in [0.25, 0.3) is 0 Å². The van der Waals surface area contributed by atoms with E-state index in [1.807, 2.05) is 21.1 Å². The van der Waals surface area contributed by atoms with Crippen LogP contribution in [0.5, 0.6) is 0 Å². The van der Waals surface area contributed by atoms with Crippen LogP contribution in [0.3, 0.4) is 0 Å². The van der Waals surface area contributed by atoms with Crippen molar-refractivity contribution in [3.63, 3.8) is 0 Å². The Hall–Kier alpha value is -3.79. The van der Waals surface area contributed by atoms with E-state index in [0.29, 0.717) is 17.4 Å². The lowest BCUT2D eigenvalue weighted by molar-refractivity contribution is -0.870. The van der Waals surface area contributed by atoms with Crippen molar-refractivity contribution in [3.05, 3.63) is 97.2 Å². The number of allylic oxidation sites excluding steroid dienone is 16. The number of carboxylic acids is 1. The molecule has 0 spiro atoms. The highest BCUT2D eigenvalue weighted by molar-refractivity contribution is 5.70. The lowest BCUT2D eigenvalue weighted by Crippen LogP contribution is -2.44. The molecule has 0 aliphatic rings. The number of carbonyl (C=O) groups is 3. The molecule has 0 amide bonds. The molecule has 0 fully saturated rings. The number of likely N-dealkylation sites (N-methyl/N-ethyl adjacent to an activating group) is 1. The molecule has 87 heavy (non-hydrogen) atoms. The zero-order valence-corrected chi connectivity index (χ0v) is 57.4. The van der Waals surface area contributed by atoms with Gasteiger partial charge in [-0.25, -0.2) is 0 Å². The highest BCUT2D eigenvalue weighted by atomic mass is 16.7. The summed E-state index contributed by atoms with van der Waals surface area (Å²) >= 11 is 0. The van der Waals surface area contributed by atoms with Gasteiger partial charge in [-0.2, -0.15) is 0 Å². The van der Waals surface area contributed by atoms with Crippen molar-refractivity contribution < 1.29 is 42.9 Å². The Morgan fingerprint density at radius 1 is 0.356 bits per heavy atom. The molecule has 0 rings (SSSR count). The van der Waals surface area contributed by atoms with Gasteiger partial charge in [0.1, 0.15) is 13.2 Å². The third-order valence-corrected chi connectivity index (χ3v) is 15.8. The SMILES string of the molecule is CC/C=C\C/C=C\C/C=C\C/C=C\C/C=C\CCCCCCCC(=O)OC(COC(=O)CCCCCCCCCCCCCCCCCCCCCCCCCCCC/C=C\C/C=C\C/C=C\CCCCCCC)COC(OCC[N+](C)(C)C)C(=O)[O-]. The summed E-state index contributed by atoms with van der Waals surface area (Å²) in [5, 5.41) is 11.8. The number of aliphatic carboxylic acids is 1. The van der Waals surface area contributed by atoms with Crippen LogP contribution in [0.4, 0.5) is 0 Å². The van der Waals surface area contributed by atoms with Crippen molar-refractivity contribution in [1.82, 2.24) is 0 Å². The molecule has 0 N–H and O–H groups in total. The molecule has 0 bridgehead atoms. The zero-order valence-electron chi connectivity index (χ0n) is 57.4. The largest absolute Gasteiger partial charge is 0.545 e. The van der Waals surface area contributed by atoms with Crippen molar-refractivity contribution in [2.24, 2.45) is 0 Å².